The number of aromatic amines is 1. The van der Waals surface area contributed by atoms with Gasteiger partial charge in [0.05, 0.1) is 20.1 Å². The number of nitrogens with one attached hydrogen (secondary N) is 2. The van der Waals surface area contributed by atoms with Crippen molar-refractivity contribution in [3.8, 4) is 17.4 Å². The first-order chi connectivity index (χ1) is 16.4. The van der Waals surface area contributed by atoms with Gasteiger partial charge in [-0.15, -0.1) is 9.78 Å². The Morgan fingerprint density at radius 2 is 1.79 bits per heavy atom. The van der Waals surface area contributed by atoms with E-state index in [9.17, 15) is 4.79 Å². The molecule has 4 N–H and O–H groups in total. The zero-order chi connectivity index (χ0) is 24.2. The summed E-state index contributed by atoms with van der Waals surface area (Å²) in [6.45, 7) is 0. The van der Waals surface area contributed by atoms with Crippen molar-refractivity contribution < 1.29 is 13.9 Å². The fourth-order valence-corrected chi connectivity index (χ4v) is 3.58. The van der Waals surface area contributed by atoms with E-state index in [0.29, 0.717) is 11.3 Å². The summed E-state index contributed by atoms with van der Waals surface area (Å²) in [5.41, 5.74) is 6.62. The van der Waals surface area contributed by atoms with Crippen LogP contribution in [-0.4, -0.2) is 44.8 Å². The summed E-state index contributed by atoms with van der Waals surface area (Å²) in [5.74, 6) is -0.407. The third kappa shape index (κ3) is 4.49. The Kier molecular flexibility index (Phi) is 6.35. The molecule has 4 rings (SSSR count). The predicted molar refractivity (Wildman–Crippen MR) is 122 cm³/mol. The molecular formula is C23H22FN7O3. The third-order valence-corrected chi connectivity index (χ3v) is 5.29. The number of nitrogens with two attached hydrogens (primary N) is 1. The summed E-state index contributed by atoms with van der Waals surface area (Å²) >= 11 is 0. The minimum absolute atomic E-state index is 0.0556. The van der Waals surface area contributed by atoms with Crippen LogP contribution in [0.5, 0.6) is 11.5 Å². The van der Waals surface area contributed by atoms with Crippen LogP contribution in [0.15, 0.2) is 59.7 Å². The number of hydrogen-bond donors (Lipinski definition) is 3. The van der Waals surface area contributed by atoms with Gasteiger partial charge < -0.3 is 15.2 Å². The molecule has 0 bridgehead atoms. The van der Waals surface area contributed by atoms with Gasteiger partial charge in [0.25, 0.3) is 5.95 Å². The first-order valence-corrected chi connectivity index (χ1v) is 10.2. The molecule has 4 aromatic rings. The molecule has 0 aliphatic rings. The van der Waals surface area contributed by atoms with Gasteiger partial charge >= 0.3 is 5.69 Å². The largest absolute Gasteiger partial charge is 0.493 e. The molecular weight excluding hydrogens is 441 g/mol. The number of benzene rings is 2. The molecule has 0 saturated carbocycles. The monoisotopic (exact) mass is 463 g/mol. The first-order valence-electron chi connectivity index (χ1n) is 10.2. The van der Waals surface area contributed by atoms with Gasteiger partial charge in [0, 0.05) is 29.6 Å². The number of rotatable bonds is 8. The predicted octanol–water partition coefficient (Wildman–Crippen LogP) is 2.17. The summed E-state index contributed by atoms with van der Waals surface area (Å²) in [5, 5.41) is 11.9. The van der Waals surface area contributed by atoms with Gasteiger partial charge in [-0.25, -0.2) is 19.2 Å². The van der Waals surface area contributed by atoms with Crippen LogP contribution >= 0.6 is 0 Å². The van der Waals surface area contributed by atoms with Crippen LogP contribution < -0.4 is 20.9 Å². The Balaban J connectivity index is 1.82. The Morgan fingerprint density at radius 1 is 1.15 bits per heavy atom. The Labute approximate surface area is 193 Å². The fourth-order valence-electron chi connectivity index (χ4n) is 3.58. The van der Waals surface area contributed by atoms with E-state index in [2.05, 4.69) is 20.1 Å². The summed E-state index contributed by atoms with van der Waals surface area (Å²) in [4.78, 5) is 23.5. The number of methoxy groups -OCH3 is 2. The van der Waals surface area contributed by atoms with Crippen molar-refractivity contribution in [3.05, 3.63) is 93.7 Å². The molecule has 0 fully saturated rings. The third-order valence-electron chi connectivity index (χ3n) is 5.29. The molecule has 174 valence electrons. The van der Waals surface area contributed by atoms with Gasteiger partial charge in [-0.1, -0.05) is 24.3 Å². The van der Waals surface area contributed by atoms with Crippen LogP contribution in [0.4, 0.5) is 4.39 Å². The molecule has 2 aromatic carbocycles. The molecule has 2 heterocycles. The number of aromatic nitrogens is 5. The molecule has 34 heavy (non-hydrogen) atoms. The molecule has 0 saturated heterocycles. The summed E-state index contributed by atoms with van der Waals surface area (Å²) in [7, 11) is 2.88. The van der Waals surface area contributed by atoms with E-state index < -0.39 is 17.4 Å². The van der Waals surface area contributed by atoms with E-state index in [0.717, 1.165) is 10.2 Å². The Morgan fingerprint density at radius 3 is 2.41 bits per heavy atom. The van der Waals surface area contributed by atoms with Crippen molar-refractivity contribution >= 4 is 5.84 Å². The second-order valence-corrected chi connectivity index (χ2v) is 7.37. The van der Waals surface area contributed by atoms with E-state index in [1.165, 1.54) is 38.7 Å². The van der Waals surface area contributed by atoms with Crippen LogP contribution in [-0.2, 0) is 6.42 Å². The highest BCUT2D eigenvalue weighted by Crippen LogP contribution is 2.36. The quantitative estimate of drug-likeness (QED) is 0.268. The lowest BCUT2D eigenvalue weighted by atomic mass is 9.90. The van der Waals surface area contributed by atoms with E-state index >= 15 is 4.39 Å². The highest BCUT2D eigenvalue weighted by molar-refractivity contribution is 5.94. The lowest BCUT2D eigenvalue weighted by molar-refractivity contribution is 0.351. The van der Waals surface area contributed by atoms with E-state index in [1.807, 2.05) is 0 Å². The zero-order valence-corrected chi connectivity index (χ0v) is 18.4. The number of nitrogen functional groups attached to an aromatic ring is 1. The first kappa shape index (κ1) is 22.6. The maximum Gasteiger partial charge on any atom is 0.350 e. The topological polar surface area (TPSA) is 145 Å². The van der Waals surface area contributed by atoms with Crippen molar-refractivity contribution in [1.29, 1.82) is 5.41 Å². The van der Waals surface area contributed by atoms with Crippen molar-refractivity contribution in [2.45, 2.75) is 12.3 Å². The highest BCUT2D eigenvalue weighted by atomic mass is 19.1. The Hall–Kier alpha value is -4.54. The SMILES string of the molecule is COc1cc(F)c(C(Cc2ccc(C(=N)N)cc2)c2nn(-c3ncccn3)c(=O)[nH]2)cc1OC. The van der Waals surface area contributed by atoms with Crippen LogP contribution in [0, 0.1) is 11.2 Å². The van der Waals surface area contributed by atoms with Crippen molar-refractivity contribution in [2.75, 3.05) is 14.2 Å². The minimum Gasteiger partial charge on any atom is -0.493 e. The number of hydrogen-bond acceptors (Lipinski definition) is 7. The second kappa shape index (κ2) is 9.53. The maximum absolute atomic E-state index is 15.3. The van der Waals surface area contributed by atoms with Gasteiger partial charge in [0.15, 0.2) is 11.5 Å². The fraction of sp³-hybridized carbons (Fsp3) is 0.174. The van der Waals surface area contributed by atoms with Crippen LogP contribution in [0.2, 0.25) is 0 Å². The molecule has 0 amide bonds. The van der Waals surface area contributed by atoms with Crippen LogP contribution in [0.3, 0.4) is 0 Å². The van der Waals surface area contributed by atoms with E-state index in [4.69, 9.17) is 20.6 Å². The molecule has 10 nitrogen and oxygen atoms in total. The van der Waals surface area contributed by atoms with Crippen molar-refractivity contribution in [2.24, 2.45) is 5.73 Å². The highest BCUT2D eigenvalue weighted by Gasteiger charge is 2.26. The molecule has 0 spiro atoms. The Bertz CT molecular complexity index is 1370. The molecule has 11 heteroatoms. The van der Waals surface area contributed by atoms with Gasteiger partial charge in [0.2, 0.25) is 0 Å². The maximum atomic E-state index is 15.3. The van der Waals surface area contributed by atoms with Gasteiger partial charge in [-0.2, -0.15) is 0 Å². The van der Waals surface area contributed by atoms with Crippen LogP contribution in [0.1, 0.15) is 28.4 Å². The molecule has 0 aliphatic carbocycles. The number of amidine groups is 1. The van der Waals surface area contributed by atoms with Crippen molar-refractivity contribution in [3.63, 3.8) is 0 Å². The second-order valence-electron chi connectivity index (χ2n) is 7.37. The van der Waals surface area contributed by atoms with Crippen LogP contribution in [0.25, 0.3) is 5.95 Å². The number of ether oxygens (including phenoxy) is 2. The average molecular weight is 463 g/mol. The zero-order valence-electron chi connectivity index (χ0n) is 18.4. The summed E-state index contributed by atoms with van der Waals surface area (Å²) < 4.78 is 26.9. The van der Waals surface area contributed by atoms with Gasteiger partial charge in [-0.05, 0) is 24.1 Å². The number of nitrogens with zero attached hydrogens (tertiary/aromatic N) is 4. The number of halogens is 1. The number of H-pyrrole nitrogens is 1. The lowest BCUT2D eigenvalue weighted by Crippen LogP contribution is -2.18. The normalized spacial score (nSPS) is 11.7. The van der Waals surface area contributed by atoms with E-state index in [1.54, 1.807) is 30.3 Å². The molecule has 1 atom stereocenters. The standard InChI is InChI=1S/C23H22FN7O3/c1-33-18-11-15(17(24)12-19(18)34-2)16(10-13-4-6-14(7-5-13)20(25)26)21-29-23(32)31(30-21)22-27-8-3-9-28-22/h3-9,11-12,16H,10H2,1-2H3,(H3,25,26)(H,29,30,32). The molecule has 1 unspecified atom stereocenters. The minimum atomic E-state index is -0.694. The van der Waals surface area contributed by atoms with Gasteiger partial charge in [0.1, 0.15) is 17.5 Å². The molecule has 0 radical (unpaired) electrons. The van der Waals surface area contributed by atoms with Crippen molar-refractivity contribution in [1.82, 2.24) is 24.7 Å². The summed E-state index contributed by atoms with van der Waals surface area (Å²) in [6, 6.07) is 11.4. The lowest BCUT2D eigenvalue weighted by Gasteiger charge is -2.18. The average Bonchev–Trinajstić information content (AvgIpc) is 3.24. The smallest absolute Gasteiger partial charge is 0.350 e. The molecule has 2 aromatic heterocycles. The van der Waals surface area contributed by atoms with E-state index in [-0.39, 0.29) is 35.3 Å². The van der Waals surface area contributed by atoms with Gasteiger partial charge in [-0.3, -0.25) is 10.4 Å². The molecule has 0 aliphatic heterocycles. The summed E-state index contributed by atoms with van der Waals surface area (Å²) in [6.07, 6.45) is 3.27.